The van der Waals surface area contributed by atoms with Gasteiger partial charge in [-0.2, -0.15) is 0 Å². The van der Waals surface area contributed by atoms with Crippen molar-refractivity contribution in [2.45, 2.75) is 16.7 Å². The van der Waals surface area contributed by atoms with Gasteiger partial charge in [0.15, 0.2) is 0 Å². The van der Waals surface area contributed by atoms with Crippen LogP contribution in [0, 0.1) is 6.92 Å². The Hall–Kier alpha value is -0.950. The summed E-state index contributed by atoms with van der Waals surface area (Å²) >= 11 is 5.83. The third-order valence-electron chi connectivity index (χ3n) is 2.66. The lowest BCUT2D eigenvalue weighted by Crippen LogP contribution is -2.17. The fraction of sp³-hybridized carbons (Fsp3) is 0.0714. The van der Waals surface area contributed by atoms with Crippen LogP contribution < -0.4 is 9.86 Å². The maximum absolute atomic E-state index is 12.2. The zero-order chi connectivity index (χ0) is 14.5. The summed E-state index contributed by atoms with van der Waals surface area (Å²) in [5.74, 6) is -0.114. The minimum absolute atomic E-state index is 0.114. The van der Waals surface area contributed by atoms with Gasteiger partial charge in [0.05, 0.1) is 0 Å². The third-order valence-corrected chi connectivity index (χ3v) is 4.76. The van der Waals surface area contributed by atoms with Crippen LogP contribution in [0.3, 0.4) is 0 Å². The van der Waals surface area contributed by atoms with Gasteiger partial charge in [0.25, 0.3) is 5.91 Å². The first kappa shape index (κ1) is 15.4. The number of carbonyl (C=O) groups is 1. The molecule has 3 nitrogen and oxygen atoms in total. The normalized spacial score (nSPS) is 10.3. The second-order valence-electron chi connectivity index (χ2n) is 4.06. The summed E-state index contributed by atoms with van der Waals surface area (Å²) in [6.45, 7) is 1.91. The van der Waals surface area contributed by atoms with Crippen molar-refractivity contribution in [3.05, 3.63) is 58.1 Å². The van der Waals surface area contributed by atoms with E-state index in [1.165, 1.54) is 23.9 Å². The van der Waals surface area contributed by atoms with E-state index in [0.29, 0.717) is 5.56 Å². The molecule has 0 heterocycles. The fourth-order valence-electron chi connectivity index (χ4n) is 1.67. The second-order valence-corrected chi connectivity index (χ2v) is 6.50. The molecule has 0 spiro atoms. The Labute approximate surface area is 135 Å². The van der Waals surface area contributed by atoms with Gasteiger partial charge in [-0.15, -0.1) is 0 Å². The van der Waals surface area contributed by atoms with E-state index in [2.05, 4.69) is 20.7 Å². The van der Waals surface area contributed by atoms with E-state index < -0.39 is 0 Å². The van der Waals surface area contributed by atoms with Gasteiger partial charge in [0.2, 0.25) is 0 Å². The largest absolute Gasteiger partial charge is 0.292 e. The summed E-state index contributed by atoms with van der Waals surface area (Å²) in [7, 11) is 0. The molecular weight excluding hydrogens is 356 g/mol. The highest BCUT2D eigenvalue weighted by atomic mass is 79.9. The first-order valence-corrected chi connectivity index (χ1v) is 8.30. The zero-order valence-corrected chi connectivity index (χ0v) is 13.9. The van der Waals surface area contributed by atoms with E-state index in [-0.39, 0.29) is 5.91 Å². The summed E-state index contributed by atoms with van der Waals surface area (Å²) in [4.78, 5) is 14.0. The van der Waals surface area contributed by atoms with Crippen molar-refractivity contribution in [3.63, 3.8) is 0 Å². The molecule has 0 bridgehead atoms. The molecular formula is C14H13BrN2OS2. The van der Waals surface area contributed by atoms with Crippen LogP contribution in [0.25, 0.3) is 0 Å². The summed E-state index contributed by atoms with van der Waals surface area (Å²) < 4.78 is 3.81. The Kier molecular flexibility index (Phi) is 5.54. The van der Waals surface area contributed by atoms with Gasteiger partial charge in [-0.05, 0) is 66.7 Å². The second kappa shape index (κ2) is 7.17. The first-order chi connectivity index (χ1) is 9.61. The van der Waals surface area contributed by atoms with E-state index in [1.54, 1.807) is 6.07 Å². The first-order valence-electron chi connectivity index (χ1n) is 5.81. The molecule has 0 radical (unpaired) electrons. The average molecular weight is 369 g/mol. The number of hydrogen-bond donors (Lipinski definition) is 2. The molecule has 0 saturated carbocycles. The number of nitrogens with two attached hydrogens (primary N) is 1. The highest BCUT2D eigenvalue weighted by molar-refractivity contribution is 9.10. The topological polar surface area (TPSA) is 55.1 Å². The van der Waals surface area contributed by atoms with Crippen molar-refractivity contribution in [2.75, 3.05) is 0 Å². The molecule has 0 aliphatic carbocycles. The SMILES string of the molecule is Cc1cc(Br)ccc1C(=O)NSc1ccccc1SN. The quantitative estimate of drug-likeness (QED) is 0.795. The molecule has 0 aromatic heterocycles. The Bertz CT molecular complexity index is 634. The minimum atomic E-state index is -0.114. The van der Waals surface area contributed by atoms with Gasteiger partial charge in [0.1, 0.15) is 0 Å². The van der Waals surface area contributed by atoms with Gasteiger partial charge in [-0.1, -0.05) is 28.1 Å². The predicted molar refractivity (Wildman–Crippen MR) is 88.7 cm³/mol. The van der Waals surface area contributed by atoms with Gasteiger partial charge >= 0.3 is 0 Å². The van der Waals surface area contributed by atoms with Crippen molar-refractivity contribution in [2.24, 2.45) is 5.14 Å². The number of rotatable bonds is 4. The van der Waals surface area contributed by atoms with Crippen LogP contribution in [0.5, 0.6) is 0 Å². The standard InChI is InChI=1S/C14H13BrN2OS2/c1-9-8-10(15)6-7-11(9)14(18)17-20-13-5-3-2-4-12(13)19-16/h2-8H,16H2,1H3,(H,17,18). The van der Waals surface area contributed by atoms with E-state index >= 15 is 0 Å². The highest BCUT2D eigenvalue weighted by Crippen LogP contribution is 2.26. The number of benzene rings is 2. The molecule has 0 fully saturated rings. The molecule has 3 N–H and O–H groups in total. The minimum Gasteiger partial charge on any atom is -0.292 e. The molecule has 0 aliphatic rings. The number of amides is 1. The van der Waals surface area contributed by atoms with Crippen molar-refractivity contribution < 1.29 is 4.79 Å². The lowest BCUT2D eigenvalue weighted by atomic mass is 10.1. The number of halogens is 1. The number of aryl methyl sites for hydroxylation is 1. The van der Waals surface area contributed by atoms with Gasteiger partial charge in [0, 0.05) is 19.8 Å². The van der Waals surface area contributed by atoms with Crippen LogP contribution in [0.2, 0.25) is 0 Å². The van der Waals surface area contributed by atoms with Crippen LogP contribution in [-0.4, -0.2) is 5.91 Å². The van der Waals surface area contributed by atoms with Crippen molar-refractivity contribution in [1.29, 1.82) is 0 Å². The van der Waals surface area contributed by atoms with Crippen molar-refractivity contribution >= 4 is 45.7 Å². The Morgan fingerprint density at radius 1 is 1.20 bits per heavy atom. The van der Waals surface area contributed by atoms with E-state index in [1.807, 2.05) is 43.3 Å². The van der Waals surface area contributed by atoms with Gasteiger partial charge in [-0.25, -0.2) is 0 Å². The number of nitrogens with one attached hydrogen (secondary N) is 1. The van der Waals surface area contributed by atoms with Crippen LogP contribution in [-0.2, 0) is 0 Å². The smallest absolute Gasteiger partial charge is 0.261 e. The van der Waals surface area contributed by atoms with Gasteiger partial charge in [-0.3, -0.25) is 14.7 Å². The Balaban J connectivity index is 2.09. The summed E-state index contributed by atoms with van der Waals surface area (Å²) in [6.07, 6.45) is 0. The third kappa shape index (κ3) is 3.79. The molecule has 20 heavy (non-hydrogen) atoms. The zero-order valence-electron chi connectivity index (χ0n) is 10.7. The summed E-state index contributed by atoms with van der Waals surface area (Å²) in [6, 6.07) is 13.3. The van der Waals surface area contributed by atoms with Crippen LogP contribution in [0.15, 0.2) is 56.7 Å². The predicted octanol–water partition coefficient (Wildman–Crippen LogP) is 4.16. The van der Waals surface area contributed by atoms with Crippen LogP contribution >= 0.6 is 39.8 Å². The summed E-state index contributed by atoms with van der Waals surface area (Å²) in [5, 5.41) is 5.59. The maximum atomic E-state index is 12.2. The molecule has 6 heteroatoms. The molecule has 1 amide bonds. The molecule has 0 atom stereocenters. The van der Waals surface area contributed by atoms with Crippen LogP contribution in [0.1, 0.15) is 15.9 Å². The molecule has 0 aliphatic heterocycles. The Morgan fingerprint density at radius 2 is 1.90 bits per heavy atom. The van der Waals surface area contributed by atoms with Gasteiger partial charge < -0.3 is 0 Å². The number of carbonyl (C=O) groups excluding carboxylic acids is 1. The molecule has 2 aromatic rings. The molecule has 0 unspecified atom stereocenters. The van der Waals surface area contributed by atoms with Crippen LogP contribution in [0.4, 0.5) is 0 Å². The lowest BCUT2D eigenvalue weighted by Gasteiger charge is -2.09. The fourth-order valence-corrected chi connectivity index (χ4v) is 3.38. The molecule has 0 saturated heterocycles. The lowest BCUT2D eigenvalue weighted by molar-refractivity contribution is 0.0984. The molecule has 2 rings (SSSR count). The highest BCUT2D eigenvalue weighted by Gasteiger charge is 2.10. The van der Waals surface area contributed by atoms with Crippen molar-refractivity contribution in [3.8, 4) is 0 Å². The maximum Gasteiger partial charge on any atom is 0.261 e. The molecule has 2 aromatic carbocycles. The van der Waals surface area contributed by atoms with E-state index in [0.717, 1.165) is 19.8 Å². The van der Waals surface area contributed by atoms with E-state index in [4.69, 9.17) is 5.14 Å². The van der Waals surface area contributed by atoms with E-state index in [9.17, 15) is 4.79 Å². The summed E-state index contributed by atoms with van der Waals surface area (Å²) in [5.41, 5.74) is 1.59. The average Bonchev–Trinajstić information content (AvgIpc) is 2.45. The van der Waals surface area contributed by atoms with Crippen molar-refractivity contribution in [1.82, 2.24) is 4.72 Å². The monoisotopic (exact) mass is 368 g/mol. The Morgan fingerprint density at radius 3 is 2.55 bits per heavy atom. The number of hydrogen-bond acceptors (Lipinski definition) is 4. The molecule has 104 valence electrons.